The summed E-state index contributed by atoms with van der Waals surface area (Å²) < 4.78 is 2.29. The molecule has 2 N–H and O–H groups in total. The first kappa shape index (κ1) is 16.1. The molecule has 0 aliphatic carbocycles. The SMILES string of the molecule is CCC(c1ccc(Cl)c(Cl)c1)n1c(C(=O)NC)c[nH]c1=S. The molecule has 0 radical (unpaired) electrons. The lowest BCUT2D eigenvalue weighted by Gasteiger charge is -2.20. The molecule has 2 aromatic rings. The molecule has 0 aliphatic rings. The van der Waals surface area contributed by atoms with Gasteiger partial charge in [0, 0.05) is 13.2 Å². The number of aromatic amines is 1. The summed E-state index contributed by atoms with van der Waals surface area (Å²) in [4.78, 5) is 14.9. The Morgan fingerprint density at radius 3 is 2.71 bits per heavy atom. The van der Waals surface area contributed by atoms with Crippen LogP contribution in [0.4, 0.5) is 0 Å². The second kappa shape index (κ2) is 6.64. The summed E-state index contributed by atoms with van der Waals surface area (Å²) in [6.45, 7) is 2.02. The number of imidazole rings is 1. The van der Waals surface area contributed by atoms with Gasteiger partial charge in [-0.05, 0) is 36.3 Å². The van der Waals surface area contributed by atoms with Crippen LogP contribution in [0.5, 0.6) is 0 Å². The van der Waals surface area contributed by atoms with E-state index in [1.807, 2.05) is 13.0 Å². The average molecular weight is 344 g/mol. The largest absolute Gasteiger partial charge is 0.354 e. The Morgan fingerprint density at radius 1 is 1.43 bits per heavy atom. The van der Waals surface area contributed by atoms with Crippen molar-refractivity contribution >= 4 is 41.3 Å². The molecule has 21 heavy (non-hydrogen) atoms. The van der Waals surface area contributed by atoms with Crippen LogP contribution in [0.25, 0.3) is 0 Å². The van der Waals surface area contributed by atoms with Gasteiger partial charge in [0.15, 0.2) is 4.77 Å². The van der Waals surface area contributed by atoms with Crippen molar-refractivity contribution in [3.05, 3.63) is 50.5 Å². The molecule has 1 heterocycles. The molecule has 1 unspecified atom stereocenters. The highest BCUT2D eigenvalue weighted by Crippen LogP contribution is 2.30. The molecule has 7 heteroatoms. The number of amides is 1. The van der Waals surface area contributed by atoms with E-state index in [4.69, 9.17) is 35.4 Å². The molecule has 1 aromatic heterocycles. The van der Waals surface area contributed by atoms with Gasteiger partial charge in [-0.25, -0.2) is 0 Å². The van der Waals surface area contributed by atoms with Gasteiger partial charge in [0.05, 0.1) is 16.1 Å². The zero-order valence-electron chi connectivity index (χ0n) is 11.6. The fraction of sp³-hybridized carbons (Fsp3) is 0.286. The molecule has 0 spiro atoms. The maximum atomic E-state index is 12.0. The van der Waals surface area contributed by atoms with Crippen LogP contribution in [0.3, 0.4) is 0 Å². The lowest BCUT2D eigenvalue weighted by atomic mass is 10.0. The standard InChI is InChI=1S/C14H15Cl2N3OS/c1-3-11(8-4-5-9(15)10(16)6-8)19-12(13(20)17-2)7-18-14(19)21/h4-7,11H,3H2,1-2H3,(H,17,20)(H,18,21). The third-order valence-corrected chi connectivity index (χ3v) is 4.35. The highest BCUT2D eigenvalue weighted by molar-refractivity contribution is 7.71. The number of benzene rings is 1. The molecule has 0 bridgehead atoms. The Labute approximate surface area is 138 Å². The summed E-state index contributed by atoms with van der Waals surface area (Å²) in [6, 6.07) is 5.36. The van der Waals surface area contributed by atoms with Gasteiger partial charge in [0.1, 0.15) is 5.69 Å². The quantitative estimate of drug-likeness (QED) is 0.817. The predicted octanol–water partition coefficient (Wildman–Crippen LogP) is 4.21. The Kier molecular flexibility index (Phi) is 5.08. The first-order chi connectivity index (χ1) is 9.99. The van der Waals surface area contributed by atoms with Gasteiger partial charge in [-0.2, -0.15) is 0 Å². The lowest BCUT2D eigenvalue weighted by molar-refractivity contribution is 0.0952. The van der Waals surface area contributed by atoms with E-state index in [-0.39, 0.29) is 11.9 Å². The zero-order chi connectivity index (χ0) is 15.6. The van der Waals surface area contributed by atoms with E-state index in [9.17, 15) is 4.79 Å². The normalized spacial score (nSPS) is 12.2. The van der Waals surface area contributed by atoms with Crippen molar-refractivity contribution in [1.82, 2.24) is 14.9 Å². The van der Waals surface area contributed by atoms with Gasteiger partial charge in [-0.15, -0.1) is 0 Å². The molecule has 1 aromatic carbocycles. The van der Waals surface area contributed by atoms with E-state index in [1.165, 1.54) is 0 Å². The highest BCUT2D eigenvalue weighted by Gasteiger charge is 2.20. The van der Waals surface area contributed by atoms with Crippen LogP contribution in [-0.4, -0.2) is 22.5 Å². The first-order valence-electron chi connectivity index (χ1n) is 6.46. The van der Waals surface area contributed by atoms with Gasteiger partial charge in [0.2, 0.25) is 0 Å². The minimum atomic E-state index is -0.194. The minimum Gasteiger partial charge on any atom is -0.354 e. The molecule has 1 atom stereocenters. The number of hydrogen-bond donors (Lipinski definition) is 2. The number of nitrogens with one attached hydrogen (secondary N) is 2. The number of H-pyrrole nitrogens is 1. The highest BCUT2D eigenvalue weighted by atomic mass is 35.5. The van der Waals surface area contributed by atoms with Gasteiger partial charge in [-0.3, -0.25) is 4.79 Å². The van der Waals surface area contributed by atoms with Crippen molar-refractivity contribution < 1.29 is 4.79 Å². The fourth-order valence-corrected chi connectivity index (χ4v) is 2.87. The predicted molar refractivity (Wildman–Crippen MR) is 87.9 cm³/mol. The molecule has 2 rings (SSSR count). The molecular formula is C14H15Cl2N3OS. The monoisotopic (exact) mass is 343 g/mol. The smallest absolute Gasteiger partial charge is 0.269 e. The van der Waals surface area contributed by atoms with E-state index in [0.29, 0.717) is 20.5 Å². The zero-order valence-corrected chi connectivity index (χ0v) is 13.9. The van der Waals surface area contributed by atoms with E-state index in [2.05, 4.69) is 10.3 Å². The Balaban J connectivity index is 2.56. The van der Waals surface area contributed by atoms with Crippen LogP contribution in [0, 0.1) is 4.77 Å². The van der Waals surface area contributed by atoms with Crippen molar-refractivity contribution in [3.63, 3.8) is 0 Å². The van der Waals surface area contributed by atoms with Gasteiger partial charge in [-0.1, -0.05) is 36.2 Å². The number of nitrogens with zero attached hydrogens (tertiary/aromatic N) is 1. The summed E-state index contributed by atoms with van der Waals surface area (Å²) >= 11 is 17.4. The molecule has 1 amide bonds. The number of rotatable bonds is 4. The summed E-state index contributed by atoms with van der Waals surface area (Å²) in [5.41, 5.74) is 1.44. The van der Waals surface area contributed by atoms with Crippen molar-refractivity contribution in [2.24, 2.45) is 0 Å². The summed E-state index contributed by atoms with van der Waals surface area (Å²) in [5, 5.41) is 3.59. The molecule has 0 saturated heterocycles. The molecular weight excluding hydrogens is 329 g/mol. The van der Waals surface area contributed by atoms with Crippen LogP contribution in [0.15, 0.2) is 24.4 Å². The topological polar surface area (TPSA) is 49.8 Å². The first-order valence-corrected chi connectivity index (χ1v) is 7.63. The molecule has 112 valence electrons. The number of carbonyl (C=O) groups excluding carboxylic acids is 1. The van der Waals surface area contributed by atoms with E-state index in [1.54, 1.807) is 29.9 Å². The van der Waals surface area contributed by atoms with Crippen molar-refractivity contribution in [2.75, 3.05) is 7.05 Å². The third-order valence-electron chi connectivity index (χ3n) is 3.30. The molecule has 0 saturated carbocycles. The Morgan fingerprint density at radius 2 is 2.14 bits per heavy atom. The van der Waals surface area contributed by atoms with Crippen LogP contribution in [0.1, 0.15) is 35.4 Å². The molecule has 0 aliphatic heterocycles. The van der Waals surface area contributed by atoms with Crippen LogP contribution in [0.2, 0.25) is 10.0 Å². The second-order valence-electron chi connectivity index (χ2n) is 4.53. The van der Waals surface area contributed by atoms with E-state index in [0.717, 1.165) is 12.0 Å². The summed E-state index contributed by atoms with van der Waals surface area (Å²) in [6.07, 6.45) is 2.37. The second-order valence-corrected chi connectivity index (χ2v) is 5.73. The maximum absolute atomic E-state index is 12.0. The maximum Gasteiger partial charge on any atom is 0.269 e. The van der Waals surface area contributed by atoms with Gasteiger partial charge in [0.25, 0.3) is 5.91 Å². The summed E-state index contributed by atoms with van der Waals surface area (Å²) in [7, 11) is 1.59. The number of aromatic nitrogens is 2. The van der Waals surface area contributed by atoms with Crippen molar-refractivity contribution in [3.8, 4) is 0 Å². The van der Waals surface area contributed by atoms with Crippen molar-refractivity contribution in [2.45, 2.75) is 19.4 Å². The van der Waals surface area contributed by atoms with E-state index < -0.39 is 0 Å². The summed E-state index contributed by atoms with van der Waals surface area (Å²) in [5.74, 6) is -0.194. The van der Waals surface area contributed by atoms with Gasteiger partial charge >= 0.3 is 0 Å². The van der Waals surface area contributed by atoms with Crippen LogP contribution >= 0.6 is 35.4 Å². The minimum absolute atomic E-state index is 0.0918. The third kappa shape index (κ3) is 3.15. The Hall–Kier alpha value is -1.30. The molecule has 4 nitrogen and oxygen atoms in total. The van der Waals surface area contributed by atoms with E-state index >= 15 is 0 Å². The number of carbonyl (C=O) groups is 1. The van der Waals surface area contributed by atoms with Gasteiger partial charge < -0.3 is 14.9 Å². The fourth-order valence-electron chi connectivity index (χ4n) is 2.28. The molecule has 0 fully saturated rings. The lowest BCUT2D eigenvalue weighted by Crippen LogP contribution is -2.24. The van der Waals surface area contributed by atoms with Crippen LogP contribution in [-0.2, 0) is 0 Å². The Bertz CT molecular complexity index is 723. The van der Waals surface area contributed by atoms with Crippen molar-refractivity contribution in [1.29, 1.82) is 0 Å². The number of halogens is 2. The number of hydrogen-bond acceptors (Lipinski definition) is 2. The average Bonchev–Trinajstić information content (AvgIpc) is 2.85. The van der Waals surface area contributed by atoms with Crippen LogP contribution < -0.4 is 5.32 Å².